The number of benzene rings is 4. The van der Waals surface area contributed by atoms with E-state index in [0.717, 1.165) is 44.9 Å². The Morgan fingerprint density at radius 3 is 1.55 bits per heavy atom. The molecular weight excluding hydrogens is 1020 g/mol. The molecule has 0 saturated carbocycles. The molecule has 2 aromatic heterocycles. The van der Waals surface area contributed by atoms with E-state index in [0.29, 0.717) is 54.9 Å². The molecule has 1 radical (unpaired) electrons. The number of hydrogen-bond acceptors (Lipinski definition) is 8. The van der Waals surface area contributed by atoms with E-state index in [4.69, 9.17) is 14.5 Å². The molecule has 0 aliphatic carbocycles. The van der Waals surface area contributed by atoms with Crippen LogP contribution < -0.4 is 9.47 Å². The number of para-hydroxylation sites is 2. The van der Waals surface area contributed by atoms with Crippen LogP contribution in [-0.4, -0.2) is 48.2 Å². The van der Waals surface area contributed by atoms with Crippen molar-refractivity contribution in [2.75, 3.05) is 14.2 Å². The van der Waals surface area contributed by atoms with E-state index in [1.54, 1.807) is 12.1 Å². The molecule has 0 atom stereocenters. The molecule has 339 valence electrons. The Kier molecular flexibility index (Phi) is 21.2. The smallest absolute Gasteiger partial charge is 0.225 e. The van der Waals surface area contributed by atoms with Gasteiger partial charge in [-0.15, -0.1) is 35.9 Å². The molecule has 2 heterocycles. The number of nitrogens with zero attached hydrogens (tertiary/aromatic N) is 4. The minimum absolute atomic E-state index is 0. The van der Waals surface area contributed by atoms with E-state index in [1.807, 2.05) is 54.6 Å². The van der Waals surface area contributed by atoms with Gasteiger partial charge in [0.15, 0.2) is 11.7 Å². The van der Waals surface area contributed by atoms with Crippen molar-refractivity contribution in [3.8, 4) is 34.1 Å². The first-order valence-corrected chi connectivity index (χ1v) is 22.2. The summed E-state index contributed by atoms with van der Waals surface area (Å²) in [6.07, 6.45) is 2.78. The van der Waals surface area contributed by atoms with Gasteiger partial charge >= 0.3 is 0 Å². The number of pyridine rings is 2. The summed E-state index contributed by atoms with van der Waals surface area (Å²) in [5, 5.41) is 0. The van der Waals surface area contributed by atoms with Crippen LogP contribution in [0.1, 0.15) is 122 Å². The second-order valence-electron chi connectivity index (χ2n) is 15.8. The fourth-order valence-corrected chi connectivity index (χ4v) is 7.79. The zero-order chi connectivity index (χ0) is 45.1. The number of aliphatic imine (C=N–C) groups is 2. The Balaban J connectivity index is 0.000000331. The standard InChI is InChI=1S/C26H25Br2N2O2.C26H28N2O2.Co.Ni/c1-15(2)18-12-9-13-19(16(3)4)24(18)29-14-20(31)22-21(17-10-7-6-8-11-17)26(32-5)30-25(28)23(22)27;1-17(2)20-12-9-13-21(18(3)4)25(20)27-16-24(29)22-14-15-23(28-26(22)30-5)19-10-7-6-8-11-19;;/h6-10,12-16H,1-5H3;6-18H,1-5H3;;/q-1;;;. The predicted molar refractivity (Wildman–Crippen MR) is 261 cm³/mol. The maximum Gasteiger partial charge on any atom is 0.225 e. The Hall–Kier alpha value is -4.58. The number of Topliss-reactive ketones (excluding diaryl/α,β-unsaturated/α-hetero) is 2. The van der Waals surface area contributed by atoms with Crippen LogP contribution in [0.15, 0.2) is 122 Å². The molecule has 64 heavy (non-hydrogen) atoms. The van der Waals surface area contributed by atoms with Crippen molar-refractivity contribution in [3.63, 3.8) is 0 Å². The fourth-order valence-electron chi connectivity index (χ4n) is 6.95. The summed E-state index contributed by atoms with van der Waals surface area (Å²) in [5.74, 6) is 1.35. The van der Waals surface area contributed by atoms with Crippen molar-refractivity contribution in [1.82, 2.24) is 9.97 Å². The van der Waals surface area contributed by atoms with Crippen molar-refractivity contribution in [3.05, 3.63) is 152 Å². The third kappa shape index (κ3) is 13.0. The van der Waals surface area contributed by atoms with Gasteiger partial charge in [0.2, 0.25) is 11.7 Å². The van der Waals surface area contributed by atoms with Crippen LogP contribution in [0.2, 0.25) is 0 Å². The number of methoxy groups -OCH3 is 2. The molecule has 6 aromatic rings. The molecule has 0 bridgehead atoms. The fraction of sp³-hybridized carbons (Fsp3) is 0.269. The van der Waals surface area contributed by atoms with E-state index in [-0.39, 0.29) is 56.7 Å². The van der Waals surface area contributed by atoms with Gasteiger partial charge in [-0.3, -0.25) is 19.6 Å². The Morgan fingerprint density at radius 1 is 0.609 bits per heavy atom. The summed E-state index contributed by atoms with van der Waals surface area (Å²) in [5.41, 5.74) is 10.1. The van der Waals surface area contributed by atoms with E-state index in [2.05, 4.69) is 145 Å². The first-order valence-electron chi connectivity index (χ1n) is 20.6. The second-order valence-corrected chi connectivity index (χ2v) is 17.3. The number of halogens is 2. The number of hydrogen-bond donors (Lipinski definition) is 0. The van der Waals surface area contributed by atoms with Gasteiger partial charge in [0.1, 0.15) is 4.60 Å². The van der Waals surface area contributed by atoms with Crippen molar-refractivity contribution in [1.29, 1.82) is 0 Å². The number of carbonyl (C=O) groups is 2. The summed E-state index contributed by atoms with van der Waals surface area (Å²) in [6, 6.07) is 36.4. The van der Waals surface area contributed by atoms with E-state index >= 15 is 0 Å². The Bertz CT molecular complexity index is 2530. The normalized spacial score (nSPS) is 11.1. The maximum absolute atomic E-state index is 13.5. The van der Waals surface area contributed by atoms with Crippen molar-refractivity contribution >= 4 is 67.2 Å². The molecule has 6 rings (SSSR count). The topological polar surface area (TPSA) is 103 Å². The third-order valence-corrected chi connectivity index (χ3v) is 12.1. The van der Waals surface area contributed by atoms with Crippen molar-refractivity contribution in [2.45, 2.75) is 79.1 Å². The monoisotopic (exact) mass is 1070 g/mol. The van der Waals surface area contributed by atoms with Crippen LogP contribution in [0.3, 0.4) is 0 Å². The summed E-state index contributed by atoms with van der Waals surface area (Å²) in [7, 11) is 3.06. The van der Waals surface area contributed by atoms with Gasteiger partial charge in [-0.2, -0.15) is 0 Å². The first kappa shape index (κ1) is 53.8. The van der Waals surface area contributed by atoms with Gasteiger partial charge in [-0.25, -0.2) is 9.97 Å². The van der Waals surface area contributed by atoms with Crippen LogP contribution in [0.25, 0.3) is 22.4 Å². The zero-order valence-corrected chi connectivity index (χ0v) is 42.8. The van der Waals surface area contributed by atoms with Crippen LogP contribution >= 0.6 is 31.9 Å². The molecule has 0 unspecified atom stereocenters. The number of ether oxygens (including phenoxy) is 2. The van der Waals surface area contributed by atoms with Crippen LogP contribution in [0, 0.1) is 6.07 Å². The van der Waals surface area contributed by atoms with E-state index in [9.17, 15) is 9.59 Å². The zero-order valence-electron chi connectivity index (χ0n) is 37.6. The first-order chi connectivity index (χ1) is 29.7. The van der Waals surface area contributed by atoms with Crippen molar-refractivity contribution < 1.29 is 52.3 Å². The van der Waals surface area contributed by atoms with Crippen LogP contribution in [0.4, 0.5) is 11.4 Å². The van der Waals surface area contributed by atoms with Crippen LogP contribution in [0.5, 0.6) is 11.8 Å². The summed E-state index contributed by atoms with van der Waals surface area (Å²) >= 11 is 6.96. The number of aromatic nitrogens is 2. The maximum atomic E-state index is 13.5. The van der Waals surface area contributed by atoms with E-state index in [1.165, 1.54) is 26.6 Å². The summed E-state index contributed by atoms with van der Waals surface area (Å²) in [4.78, 5) is 44.7. The minimum Gasteiger partial charge on any atom is -0.487 e. The molecule has 4 aromatic carbocycles. The van der Waals surface area contributed by atoms with E-state index < -0.39 is 0 Å². The molecule has 0 spiro atoms. The molecule has 0 aliphatic rings. The van der Waals surface area contributed by atoms with Gasteiger partial charge in [0.05, 0.1) is 53.8 Å². The summed E-state index contributed by atoms with van der Waals surface area (Å²) < 4.78 is 11.9. The van der Waals surface area contributed by atoms with Gasteiger partial charge in [0, 0.05) is 44.4 Å². The number of ketones is 2. The average Bonchev–Trinajstić information content (AvgIpc) is 3.28. The third-order valence-electron chi connectivity index (χ3n) is 10.2. The molecule has 0 amide bonds. The molecule has 0 saturated heterocycles. The summed E-state index contributed by atoms with van der Waals surface area (Å²) in [6.45, 7) is 17.1. The largest absolute Gasteiger partial charge is 0.487 e. The number of rotatable bonds is 14. The molecular formula is C52H53Br2CoN4NiO4-. The van der Waals surface area contributed by atoms with Crippen molar-refractivity contribution in [2.24, 2.45) is 9.98 Å². The van der Waals surface area contributed by atoms with Gasteiger partial charge < -0.3 is 9.47 Å². The molecule has 0 aliphatic heterocycles. The van der Waals surface area contributed by atoms with Crippen LogP contribution in [-0.2, 0) is 33.3 Å². The van der Waals surface area contributed by atoms with Gasteiger partial charge in [-0.05, 0) is 95.5 Å². The minimum atomic E-state index is -0.251. The Labute approximate surface area is 415 Å². The SMILES string of the molecule is COc1nc(-c2ccccc2)ccc1C(=O)C=Nc1c(C(C)C)cccc1C(C)C.COc1nc(Br)c(Br)c(C(=O)C=Nc2c(C(C)C)cccc2C(C)C)c1-c1[c-]cccc1.[Co].[Ni]. The average molecular weight is 1080 g/mol. The second kappa shape index (κ2) is 25.2. The van der Waals surface area contributed by atoms with Gasteiger partial charge in [0.25, 0.3) is 0 Å². The quantitative estimate of drug-likeness (QED) is 0.0354. The van der Waals surface area contributed by atoms with Gasteiger partial charge in [-0.1, -0.05) is 122 Å². The molecule has 8 nitrogen and oxygen atoms in total. The molecule has 12 heteroatoms. The molecule has 0 N–H and O–H groups in total. The Morgan fingerprint density at radius 2 is 1.09 bits per heavy atom. The number of carbonyl (C=O) groups excluding carboxylic acids is 2. The molecule has 0 fully saturated rings. The predicted octanol–water partition coefficient (Wildman–Crippen LogP) is 14.5.